The number of H-pyrrole nitrogens is 1. The first-order valence-corrected chi connectivity index (χ1v) is 8.05. The van der Waals surface area contributed by atoms with Gasteiger partial charge in [0.1, 0.15) is 17.8 Å². The smallest absolute Gasteiger partial charge is 0.274 e. The minimum atomic E-state index is -0.485. The van der Waals surface area contributed by atoms with Crippen molar-refractivity contribution in [3.05, 3.63) is 68.5 Å². The quantitative estimate of drug-likeness (QED) is 0.727. The van der Waals surface area contributed by atoms with Gasteiger partial charge in [0.15, 0.2) is 5.75 Å². The summed E-state index contributed by atoms with van der Waals surface area (Å²) in [6.45, 7) is 0.152. The molecule has 2 heterocycles. The van der Waals surface area contributed by atoms with Crippen LogP contribution in [0.25, 0.3) is 0 Å². The number of ether oxygens (including phenoxy) is 1. The molecule has 0 bridgehead atoms. The Morgan fingerprint density at radius 2 is 2.21 bits per heavy atom. The number of benzene rings is 1. The number of hydrogen-bond donors (Lipinski definition) is 2. The lowest BCUT2D eigenvalue weighted by Gasteiger charge is -2.08. The summed E-state index contributed by atoms with van der Waals surface area (Å²) in [7, 11) is 0. The molecule has 0 aliphatic heterocycles. The molecular weight excluding hydrogens is 352 g/mol. The van der Waals surface area contributed by atoms with E-state index in [4.69, 9.17) is 16.3 Å². The molecule has 0 unspecified atom stereocenters. The number of aromatic amines is 1. The number of pyridine rings is 1. The first-order chi connectivity index (χ1) is 11.6. The van der Waals surface area contributed by atoms with E-state index in [-0.39, 0.29) is 18.1 Å². The third-order valence-corrected chi connectivity index (χ3v) is 4.02. The first kappa shape index (κ1) is 16.2. The molecule has 0 aliphatic carbocycles. The standard InChI is InChI=1S/C15H11ClN4O3S/c16-10-4-2-1-3-9(10)7-23-13-6-17-11(5-12(13)21)14(22)19-15-20-18-8-24-15/h1-6,8H,7H2,(H,17,21)(H,19,20,22). The van der Waals surface area contributed by atoms with Gasteiger partial charge in [0.25, 0.3) is 5.91 Å². The Kier molecular flexibility index (Phi) is 4.88. The average Bonchev–Trinajstić information content (AvgIpc) is 3.08. The summed E-state index contributed by atoms with van der Waals surface area (Å²) in [6, 6.07) is 8.35. The van der Waals surface area contributed by atoms with E-state index < -0.39 is 11.3 Å². The van der Waals surface area contributed by atoms with Crippen LogP contribution in [0.4, 0.5) is 5.13 Å². The maximum Gasteiger partial charge on any atom is 0.274 e. The lowest BCUT2D eigenvalue weighted by Crippen LogP contribution is -2.17. The summed E-state index contributed by atoms with van der Waals surface area (Å²) in [5, 5.41) is 10.7. The molecule has 0 radical (unpaired) electrons. The van der Waals surface area contributed by atoms with Crippen molar-refractivity contribution in [2.75, 3.05) is 5.32 Å². The molecule has 0 saturated heterocycles. The summed E-state index contributed by atoms with van der Waals surface area (Å²) < 4.78 is 5.46. The van der Waals surface area contributed by atoms with Gasteiger partial charge in [0.05, 0.1) is 0 Å². The van der Waals surface area contributed by atoms with Crippen LogP contribution >= 0.6 is 22.9 Å². The molecule has 0 atom stereocenters. The van der Waals surface area contributed by atoms with E-state index in [0.717, 1.165) is 11.6 Å². The van der Waals surface area contributed by atoms with Crippen molar-refractivity contribution in [2.24, 2.45) is 0 Å². The molecule has 0 saturated carbocycles. The molecule has 2 N–H and O–H groups in total. The maximum absolute atomic E-state index is 12.1. The van der Waals surface area contributed by atoms with Crippen molar-refractivity contribution < 1.29 is 9.53 Å². The van der Waals surface area contributed by atoms with Crippen molar-refractivity contribution >= 4 is 34.0 Å². The summed E-state index contributed by atoms with van der Waals surface area (Å²) in [4.78, 5) is 26.8. The molecule has 2 aromatic heterocycles. The molecule has 3 aromatic rings. The fourth-order valence-corrected chi connectivity index (χ4v) is 2.50. The second kappa shape index (κ2) is 7.24. The van der Waals surface area contributed by atoms with Crippen molar-refractivity contribution in [3.63, 3.8) is 0 Å². The fraction of sp³-hybridized carbons (Fsp3) is 0.0667. The molecule has 7 nitrogen and oxygen atoms in total. The SMILES string of the molecule is O=C(Nc1nncs1)c1cc(=O)c(OCc2ccccc2Cl)c[nH]1. The normalized spacial score (nSPS) is 10.4. The van der Waals surface area contributed by atoms with Crippen LogP contribution in [0.15, 0.2) is 46.8 Å². The minimum Gasteiger partial charge on any atom is -0.483 e. The molecule has 3 rings (SSSR count). The minimum absolute atomic E-state index is 0.0975. The predicted molar refractivity (Wildman–Crippen MR) is 90.7 cm³/mol. The molecule has 24 heavy (non-hydrogen) atoms. The van der Waals surface area contributed by atoms with Gasteiger partial charge in [-0.05, 0) is 6.07 Å². The van der Waals surface area contributed by atoms with Gasteiger partial charge < -0.3 is 9.72 Å². The third-order valence-electron chi connectivity index (χ3n) is 3.04. The number of hydrogen-bond acceptors (Lipinski definition) is 6. The number of amides is 1. The molecule has 0 aliphatic rings. The number of anilines is 1. The summed E-state index contributed by atoms with van der Waals surface area (Å²) in [5.74, 6) is -0.385. The molecule has 1 amide bonds. The van der Waals surface area contributed by atoms with Crippen LogP contribution in [-0.2, 0) is 6.61 Å². The lowest BCUT2D eigenvalue weighted by atomic mass is 10.2. The Balaban J connectivity index is 1.69. The van der Waals surface area contributed by atoms with Crippen LogP contribution in [0.3, 0.4) is 0 Å². The highest BCUT2D eigenvalue weighted by atomic mass is 35.5. The highest BCUT2D eigenvalue weighted by molar-refractivity contribution is 7.13. The van der Waals surface area contributed by atoms with E-state index in [1.54, 1.807) is 12.1 Å². The van der Waals surface area contributed by atoms with Gasteiger partial charge in [0.2, 0.25) is 10.6 Å². The van der Waals surface area contributed by atoms with Crippen molar-refractivity contribution in [1.29, 1.82) is 0 Å². The lowest BCUT2D eigenvalue weighted by molar-refractivity contribution is 0.102. The zero-order valence-electron chi connectivity index (χ0n) is 12.2. The zero-order valence-corrected chi connectivity index (χ0v) is 13.7. The first-order valence-electron chi connectivity index (χ1n) is 6.80. The van der Waals surface area contributed by atoms with E-state index in [9.17, 15) is 9.59 Å². The second-order valence-corrected chi connectivity index (χ2v) is 5.89. The van der Waals surface area contributed by atoms with Crippen LogP contribution in [0.2, 0.25) is 5.02 Å². The number of carbonyl (C=O) groups excluding carboxylic acids is 1. The van der Waals surface area contributed by atoms with Gasteiger partial charge >= 0.3 is 0 Å². The Morgan fingerprint density at radius 1 is 1.38 bits per heavy atom. The van der Waals surface area contributed by atoms with E-state index in [1.165, 1.54) is 23.0 Å². The van der Waals surface area contributed by atoms with E-state index in [0.29, 0.717) is 10.2 Å². The molecule has 9 heteroatoms. The van der Waals surface area contributed by atoms with Gasteiger partial charge in [0, 0.05) is 22.8 Å². The largest absolute Gasteiger partial charge is 0.483 e. The molecule has 1 aromatic carbocycles. The third kappa shape index (κ3) is 3.79. The highest BCUT2D eigenvalue weighted by Gasteiger charge is 2.11. The Hall–Kier alpha value is -2.71. The summed E-state index contributed by atoms with van der Waals surface area (Å²) >= 11 is 7.21. The van der Waals surface area contributed by atoms with Crippen molar-refractivity contribution in [2.45, 2.75) is 6.61 Å². The van der Waals surface area contributed by atoms with Crippen molar-refractivity contribution in [3.8, 4) is 5.75 Å². The fourth-order valence-electron chi connectivity index (χ4n) is 1.87. The molecular formula is C15H11ClN4O3S. The van der Waals surface area contributed by atoms with Crippen LogP contribution < -0.4 is 15.5 Å². The van der Waals surface area contributed by atoms with E-state index in [1.807, 2.05) is 12.1 Å². The van der Waals surface area contributed by atoms with E-state index >= 15 is 0 Å². The summed E-state index contributed by atoms with van der Waals surface area (Å²) in [6.07, 6.45) is 1.34. The van der Waals surface area contributed by atoms with Gasteiger partial charge in [-0.3, -0.25) is 14.9 Å². The Labute approximate surface area is 145 Å². The van der Waals surface area contributed by atoms with Gasteiger partial charge in [-0.1, -0.05) is 41.1 Å². The number of rotatable bonds is 5. The number of nitrogens with one attached hydrogen (secondary N) is 2. The van der Waals surface area contributed by atoms with Gasteiger partial charge in [-0.15, -0.1) is 10.2 Å². The van der Waals surface area contributed by atoms with Crippen LogP contribution in [-0.4, -0.2) is 21.1 Å². The Morgan fingerprint density at radius 3 is 2.92 bits per heavy atom. The molecule has 0 spiro atoms. The highest BCUT2D eigenvalue weighted by Crippen LogP contribution is 2.17. The van der Waals surface area contributed by atoms with Gasteiger partial charge in [-0.2, -0.15) is 0 Å². The molecule has 0 fully saturated rings. The second-order valence-electron chi connectivity index (χ2n) is 4.65. The number of nitrogens with zero attached hydrogens (tertiary/aromatic N) is 2. The van der Waals surface area contributed by atoms with Gasteiger partial charge in [-0.25, -0.2) is 0 Å². The maximum atomic E-state index is 12.1. The van der Waals surface area contributed by atoms with Crippen LogP contribution in [0, 0.1) is 0 Å². The number of aromatic nitrogens is 3. The van der Waals surface area contributed by atoms with Crippen LogP contribution in [0.5, 0.6) is 5.75 Å². The number of carbonyl (C=O) groups is 1. The average molecular weight is 363 g/mol. The number of halogens is 1. The van der Waals surface area contributed by atoms with Crippen LogP contribution in [0.1, 0.15) is 16.1 Å². The predicted octanol–water partition coefficient (Wildman–Crippen LogP) is 2.71. The van der Waals surface area contributed by atoms with E-state index in [2.05, 4.69) is 20.5 Å². The zero-order chi connectivity index (χ0) is 16.9. The van der Waals surface area contributed by atoms with Crippen molar-refractivity contribution in [1.82, 2.24) is 15.2 Å². The summed E-state index contributed by atoms with van der Waals surface area (Å²) in [5.41, 5.74) is 1.93. The molecule has 122 valence electrons. The Bertz CT molecular complexity index is 911. The topological polar surface area (TPSA) is 97.0 Å². The monoisotopic (exact) mass is 362 g/mol.